The molecule has 1 aliphatic heterocycles. The van der Waals surface area contributed by atoms with Crippen LogP contribution in [0.2, 0.25) is 0 Å². The standard InChI is InChI=1S/C12H15NOS/c1-2-3-11-4-5-12(15-11)10-13-6-8-14-9-7-13/h4-5H,6-10H2,1H3. The van der Waals surface area contributed by atoms with E-state index in [9.17, 15) is 0 Å². The zero-order valence-corrected chi connectivity index (χ0v) is 9.77. The first-order valence-corrected chi connectivity index (χ1v) is 6.02. The van der Waals surface area contributed by atoms with Crippen LogP contribution in [-0.2, 0) is 11.3 Å². The van der Waals surface area contributed by atoms with Crippen molar-refractivity contribution < 1.29 is 4.74 Å². The summed E-state index contributed by atoms with van der Waals surface area (Å²) in [5.74, 6) is 6.02. The van der Waals surface area contributed by atoms with Crippen LogP contribution in [0.25, 0.3) is 0 Å². The third kappa shape index (κ3) is 3.07. The molecule has 0 aromatic carbocycles. The number of thiophene rings is 1. The molecule has 1 saturated heterocycles. The van der Waals surface area contributed by atoms with Gasteiger partial charge in [-0.1, -0.05) is 5.92 Å². The zero-order valence-electron chi connectivity index (χ0n) is 8.95. The van der Waals surface area contributed by atoms with Gasteiger partial charge in [-0.25, -0.2) is 0 Å². The first-order chi connectivity index (χ1) is 7.38. The van der Waals surface area contributed by atoms with Crippen molar-refractivity contribution >= 4 is 11.3 Å². The highest BCUT2D eigenvalue weighted by atomic mass is 32.1. The lowest BCUT2D eigenvalue weighted by Crippen LogP contribution is -2.35. The predicted octanol–water partition coefficient (Wildman–Crippen LogP) is 1.95. The Morgan fingerprint density at radius 3 is 2.93 bits per heavy atom. The molecule has 0 saturated carbocycles. The highest BCUT2D eigenvalue weighted by molar-refractivity contribution is 7.12. The molecule has 2 heterocycles. The second-order valence-corrected chi connectivity index (χ2v) is 4.70. The fraction of sp³-hybridized carbons (Fsp3) is 0.500. The number of nitrogens with zero attached hydrogens (tertiary/aromatic N) is 1. The fourth-order valence-corrected chi connectivity index (χ4v) is 2.59. The smallest absolute Gasteiger partial charge is 0.0771 e. The Morgan fingerprint density at radius 1 is 1.40 bits per heavy atom. The molecule has 1 fully saturated rings. The Hall–Kier alpha value is -0.820. The van der Waals surface area contributed by atoms with Crippen molar-refractivity contribution in [3.8, 4) is 11.8 Å². The SMILES string of the molecule is CC#Cc1ccc(CN2CCOCC2)s1. The van der Waals surface area contributed by atoms with Crippen molar-refractivity contribution in [2.45, 2.75) is 13.5 Å². The van der Waals surface area contributed by atoms with Gasteiger partial charge in [-0.2, -0.15) is 0 Å². The molecule has 0 atom stereocenters. The monoisotopic (exact) mass is 221 g/mol. The normalized spacial score (nSPS) is 17.1. The zero-order chi connectivity index (χ0) is 10.5. The van der Waals surface area contributed by atoms with Crippen molar-refractivity contribution in [2.24, 2.45) is 0 Å². The minimum absolute atomic E-state index is 0.868. The Kier molecular flexibility index (Phi) is 3.79. The van der Waals surface area contributed by atoms with E-state index in [1.54, 1.807) is 11.3 Å². The molecular weight excluding hydrogens is 206 g/mol. The van der Waals surface area contributed by atoms with Gasteiger partial charge in [0, 0.05) is 24.5 Å². The molecule has 0 aliphatic carbocycles. The van der Waals surface area contributed by atoms with Crippen LogP contribution in [-0.4, -0.2) is 31.2 Å². The average Bonchev–Trinajstić information content (AvgIpc) is 2.68. The van der Waals surface area contributed by atoms with Gasteiger partial charge >= 0.3 is 0 Å². The summed E-state index contributed by atoms with van der Waals surface area (Å²) in [5, 5.41) is 0. The fourth-order valence-electron chi connectivity index (χ4n) is 1.63. The topological polar surface area (TPSA) is 12.5 Å². The van der Waals surface area contributed by atoms with E-state index < -0.39 is 0 Å². The van der Waals surface area contributed by atoms with Gasteiger partial charge in [-0.15, -0.1) is 17.3 Å². The van der Waals surface area contributed by atoms with E-state index in [4.69, 9.17) is 4.74 Å². The van der Waals surface area contributed by atoms with E-state index in [0.29, 0.717) is 0 Å². The quantitative estimate of drug-likeness (QED) is 0.708. The van der Waals surface area contributed by atoms with Gasteiger partial charge in [0.15, 0.2) is 0 Å². The van der Waals surface area contributed by atoms with Crippen molar-refractivity contribution in [1.82, 2.24) is 4.90 Å². The summed E-state index contributed by atoms with van der Waals surface area (Å²) in [6, 6.07) is 4.29. The molecule has 15 heavy (non-hydrogen) atoms. The lowest BCUT2D eigenvalue weighted by Gasteiger charge is -2.25. The summed E-state index contributed by atoms with van der Waals surface area (Å²) in [7, 11) is 0. The van der Waals surface area contributed by atoms with Crippen LogP contribution in [0.15, 0.2) is 12.1 Å². The Labute approximate surface area is 94.9 Å². The van der Waals surface area contributed by atoms with Gasteiger partial charge in [-0.05, 0) is 19.1 Å². The molecule has 1 aliphatic rings. The summed E-state index contributed by atoms with van der Waals surface area (Å²) in [5.41, 5.74) is 0. The van der Waals surface area contributed by atoms with Gasteiger partial charge < -0.3 is 4.74 Å². The third-order valence-electron chi connectivity index (χ3n) is 2.39. The summed E-state index contributed by atoms with van der Waals surface area (Å²) in [6.07, 6.45) is 0. The van der Waals surface area contributed by atoms with Crippen molar-refractivity contribution in [3.63, 3.8) is 0 Å². The van der Waals surface area contributed by atoms with Crippen LogP contribution >= 0.6 is 11.3 Å². The maximum absolute atomic E-state index is 5.32. The Bertz CT molecular complexity index is 368. The molecule has 0 amide bonds. The van der Waals surface area contributed by atoms with Gasteiger partial charge in [0.05, 0.1) is 18.1 Å². The molecule has 2 nitrogen and oxygen atoms in total. The predicted molar refractivity (Wildman–Crippen MR) is 63.0 cm³/mol. The highest BCUT2D eigenvalue weighted by Crippen LogP contribution is 2.17. The number of ether oxygens (including phenoxy) is 1. The van der Waals surface area contributed by atoms with Crippen LogP contribution < -0.4 is 0 Å². The number of hydrogen-bond acceptors (Lipinski definition) is 3. The second-order valence-electron chi connectivity index (χ2n) is 3.53. The lowest BCUT2D eigenvalue weighted by molar-refractivity contribution is 0.0346. The molecule has 0 spiro atoms. The number of hydrogen-bond donors (Lipinski definition) is 0. The molecule has 0 N–H and O–H groups in total. The van der Waals surface area contributed by atoms with Gasteiger partial charge in [-0.3, -0.25) is 4.90 Å². The van der Waals surface area contributed by atoms with E-state index in [-0.39, 0.29) is 0 Å². The number of morpholine rings is 1. The number of rotatable bonds is 2. The Morgan fingerprint density at radius 2 is 2.20 bits per heavy atom. The molecule has 1 aromatic rings. The first kappa shape index (κ1) is 10.7. The van der Waals surface area contributed by atoms with Crippen molar-refractivity contribution in [3.05, 3.63) is 21.9 Å². The van der Waals surface area contributed by atoms with Crippen molar-refractivity contribution in [2.75, 3.05) is 26.3 Å². The van der Waals surface area contributed by atoms with E-state index in [0.717, 1.165) is 32.8 Å². The van der Waals surface area contributed by atoms with Crippen LogP contribution in [0.3, 0.4) is 0 Å². The van der Waals surface area contributed by atoms with Crippen LogP contribution in [0, 0.1) is 11.8 Å². The maximum atomic E-state index is 5.32. The average molecular weight is 221 g/mol. The van der Waals surface area contributed by atoms with Crippen molar-refractivity contribution in [1.29, 1.82) is 0 Å². The lowest BCUT2D eigenvalue weighted by atomic mass is 10.3. The molecule has 0 unspecified atom stereocenters. The van der Waals surface area contributed by atoms with E-state index >= 15 is 0 Å². The molecule has 0 bridgehead atoms. The van der Waals surface area contributed by atoms with Crippen LogP contribution in [0.1, 0.15) is 16.7 Å². The van der Waals surface area contributed by atoms with E-state index in [2.05, 4.69) is 28.9 Å². The molecule has 80 valence electrons. The van der Waals surface area contributed by atoms with E-state index in [1.165, 1.54) is 9.75 Å². The minimum atomic E-state index is 0.868. The van der Waals surface area contributed by atoms with E-state index in [1.807, 2.05) is 6.92 Å². The second kappa shape index (κ2) is 5.32. The maximum Gasteiger partial charge on any atom is 0.0771 e. The van der Waals surface area contributed by atoms with Crippen LogP contribution in [0.5, 0.6) is 0 Å². The summed E-state index contributed by atoms with van der Waals surface area (Å²) < 4.78 is 5.32. The molecule has 3 heteroatoms. The summed E-state index contributed by atoms with van der Waals surface area (Å²) in [6.45, 7) is 6.75. The highest BCUT2D eigenvalue weighted by Gasteiger charge is 2.11. The minimum Gasteiger partial charge on any atom is -0.379 e. The Balaban J connectivity index is 1.93. The molecule has 0 radical (unpaired) electrons. The van der Waals surface area contributed by atoms with Gasteiger partial charge in [0.25, 0.3) is 0 Å². The molecule has 1 aromatic heterocycles. The third-order valence-corrected chi connectivity index (χ3v) is 3.38. The molecular formula is C12H15NOS. The molecule has 2 rings (SSSR count). The summed E-state index contributed by atoms with van der Waals surface area (Å²) >= 11 is 1.80. The van der Waals surface area contributed by atoms with Gasteiger partial charge in [0.1, 0.15) is 0 Å². The first-order valence-electron chi connectivity index (χ1n) is 5.20. The summed E-state index contributed by atoms with van der Waals surface area (Å²) in [4.78, 5) is 4.99. The van der Waals surface area contributed by atoms with Gasteiger partial charge in [0.2, 0.25) is 0 Å². The van der Waals surface area contributed by atoms with Crippen LogP contribution in [0.4, 0.5) is 0 Å². The largest absolute Gasteiger partial charge is 0.379 e.